The van der Waals surface area contributed by atoms with E-state index in [0.717, 1.165) is 24.8 Å². The number of sulfonamides is 1. The molecule has 2 fully saturated rings. The van der Waals surface area contributed by atoms with Gasteiger partial charge in [-0.2, -0.15) is 0 Å². The van der Waals surface area contributed by atoms with Crippen LogP contribution >= 0.6 is 0 Å². The van der Waals surface area contributed by atoms with Crippen molar-refractivity contribution in [3.63, 3.8) is 0 Å². The molecule has 0 aliphatic carbocycles. The van der Waals surface area contributed by atoms with Gasteiger partial charge in [-0.3, -0.25) is 4.79 Å². The highest BCUT2D eigenvalue weighted by atomic mass is 32.2. The summed E-state index contributed by atoms with van der Waals surface area (Å²) in [7, 11) is -3.32. The topological polar surface area (TPSA) is 57.7 Å². The predicted molar refractivity (Wildman–Crippen MR) is 84.5 cm³/mol. The molecule has 2 heterocycles. The third-order valence-electron chi connectivity index (χ3n) is 4.97. The van der Waals surface area contributed by atoms with Gasteiger partial charge in [0.25, 0.3) is 0 Å². The summed E-state index contributed by atoms with van der Waals surface area (Å²) in [5.41, 5.74) is -0.155. The van der Waals surface area contributed by atoms with Gasteiger partial charge < -0.3 is 4.90 Å². The number of benzene rings is 1. The number of carbonyl (C=O) groups excluding carboxylic acids is 1. The number of carbonyl (C=O) groups is 1. The summed E-state index contributed by atoms with van der Waals surface area (Å²) in [6, 6.07) is 3.61. The lowest BCUT2D eigenvalue weighted by molar-refractivity contribution is -0.146. The van der Waals surface area contributed by atoms with E-state index < -0.39 is 27.1 Å². The normalized spacial score (nSPS) is 25.6. The van der Waals surface area contributed by atoms with Gasteiger partial charge in [0.2, 0.25) is 15.9 Å². The van der Waals surface area contributed by atoms with Crippen LogP contribution in [0.25, 0.3) is 0 Å². The van der Waals surface area contributed by atoms with Gasteiger partial charge in [0, 0.05) is 26.2 Å². The highest BCUT2D eigenvalue weighted by molar-refractivity contribution is 7.88. The minimum absolute atomic E-state index is 0.0929. The predicted octanol–water partition coefficient (Wildman–Crippen LogP) is 1.74. The van der Waals surface area contributed by atoms with Gasteiger partial charge in [-0.15, -0.1) is 0 Å². The van der Waals surface area contributed by atoms with Gasteiger partial charge >= 0.3 is 0 Å². The highest BCUT2D eigenvalue weighted by Gasteiger charge is 2.50. The summed E-state index contributed by atoms with van der Waals surface area (Å²) >= 11 is 0. The third-order valence-corrected chi connectivity index (χ3v) is 6.22. The zero-order chi connectivity index (χ0) is 17.5. The molecule has 1 amide bonds. The molecule has 0 saturated carbocycles. The quantitative estimate of drug-likeness (QED) is 0.827. The first-order valence-electron chi connectivity index (χ1n) is 7.90. The number of likely N-dealkylation sites (tertiary alicyclic amines) is 1. The minimum atomic E-state index is -3.32. The molecule has 1 spiro atoms. The van der Waals surface area contributed by atoms with Crippen LogP contribution < -0.4 is 0 Å². The van der Waals surface area contributed by atoms with Crippen molar-refractivity contribution in [2.45, 2.75) is 25.8 Å². The van der Waals surface area contributed by atoms with Crippen molar-refractivity contribution >= 4 is 15.9 Å². The molecule has 2 aliphatic heterocycles. The lowest BCUT2D eigenvalue weighted by Crippen LogP contribution is -2.49. The fourth-order valence-electron chi connectivity index (χ4n) is 3.66. The summed E-state index contributed by atoms with van der Waals surface area (Å²) in [5.74, 6) is -1.94. The Labute approximate surface area is 140 Å². The summed E-state index contributed by atoms with van der Waals surface area (Å²) in [4.78, 5) is 14.5. The van der Waals surface area contributed by atoms with E-state index in [-0.39, 0.29) is 19.0 Å². The molecule has 1 atom stereocenters. The number of nitrogens with zero attached hydrogens (tertiary/aromatic N) is 2. The van der Waals surface area contributed by atoms with E-state index >= 15 is 0 Å². The molecule has 0 bridgehead atoms. The molecular formula is C16H20F2N2O3S. The second-order valence-corrected chi connectivity index (χ2v) is 8.69. The summed E-state index contributed by atoms with van der Waals surface area (Å²) in [6.45, 7) is 1.30. The van der Waals surface area contributed by atoms with Crippen molar-refractivity contribution in [1.29, 1.82) is 0 Å². The van der Waals surface area contributed by atoms with E-state index in [9.17, 15) is 22.0 Å². The molecule has 5 nitrogen and oxygen atoms in total. The molecule has 1 aromatic rings. The lowest BCUT2D eigenvalue weighted by atomic mass is 9.78. The molecule has 3 rings (SSSR count). The van der Waals surface area contributed by atoms with Crippen LogP contribution in [0.5, 0.6) is 0 Å². The fourth-order valence-corrected chi connectivity index (χ4v) is 4.56. The Morgan fingerprint density at radius 3 is 2.54 bits per heavy atom. The van der Waals surface area contributed by atoms with Crippen molar-refractivity contribution in [2.75, 3.05) is 25.9 Å². The number of hydrogen-bond acceptors (Lipinski definition) is 3. The maximum atomic E-state index is 13.4. The Bertz CT molecular complexity index is 769. The van der Waals surface area contributed by atoms with Gasteiger partial charge in [0.05, 0.1) is 11.7 Å². The smallest absolute Gasteiger partial charge is 0.230 e. The molecule has 0 N–H and O–H groups in total. The van der Waals surface area contributed by atoms with Crippen LogP contribution in [0.2, 0.25) is 0 Å². The summed E-state index contributed by atoms with van der Waals surface area (Å²) < 4.78 is 51.2. The van der Waals surface area contributed by atoms with Gasteiger partial charge in [-0.1, -0.05) is 6.07 Å². The molecule has 0 aromatic heterocycles. The van der Waals surface area contributed by atoms with E-state index in [4.69, 9.17) is 0 Å². The molecule has 24 heavy (non-hydrogen) atoms. The first-order valence-corrected chi connectivity index (χ1v) is 9.75. The maximum absolute atomic E-state index is 13.4. The van der Waals surface area contributed by atoms with Crippen LogP contribution in [-0.2, 0) is 21.4 Å². The van der Waals surface area contributed by atoms with Crippen molar-refractivity contribution in [3.8, 4) is 0 Å². The van der Waals surface area contributed by atoms with E-state index in [2.05, 4.69) is 0 Å². The summed E-state index contributed by atoms with van der Waals surface area (Å²) in [5, 5.41) is 0. The van der Waals surface area contributed by atoms with Gasteiger partial charge in [0.15, 0.2) is 11.6 Å². The summed E-state index contributed by atoms with van der Waals surface area (Å²) in [6.07, 6.45) is 3.09. The number of amides is 1. The van der Waals surface area contributed by atoms with Crippen LogP contribution in [0.3, 0.4) is 0 Å². The Kier molecular flexibility index (Phi) is 4.37. The van der Waals surface area contributed by atoms with Crippen molar-refractivity contribution in [3.05, 3.63) is 35.4 Å². The van der Waals surface area contributed by atoms with Crippen molar-refractivity contribution in [2.24, 2.45) is 5.41 Å². The molecule has 1 aromatic carbocycles. The number of hydrogen-bond donors (Lipinski definition) is 0. The lowest BCUT2D eigenvalue weighted by Gasteiger charge is -2.39. The average molecular weight is 358 g/mol. The van der Waals surface area contributed by atoms with Gasteiger partial charge in [-0.05, 0) is 37.0 Å². The largest absolute Gasteiger partial charge is 0.338 e. The Morgan fingerprint density at radius 1 is 1.17 bits per heavy atom. The highest BCUT2D eigenvalue weighted by Crippen LogP contribution is 2.41. The average Bonchev–Trinajstić information content (AvgIpc) is 2.93. The second kappa shape index (κ2) is 6.07. The first kappa shape index (κ1) is 17.3. The SMILES string of the molecule is CS(=O)(=O)N1CC[C@]2(CCCN(Cc3ccc(F)c(F)c3)C2=O)C1. The standard InChI is InChI=1S/C16H20F2N2O3S/c1-24(22,23)20-8-6-16(11-20)5-2-7-19(15(16)21)10-12-3-4-13(17)14(18)9-12/h3-4,9H,2,5-8,10-11H2,1H3/t16-/m1/s1. The van der Waals surface area contributed by atoms with E-state index in [1.54, 1.807) is 4.90 Å². The maximum Gasteiger partial charge on any atom is 0.230 e. The third kappa shape index (κ3) is 3.17. The Balaban J connectivity index is 1.77. The monoisotopic (exact) mass is 358 g/mol. The Morgan fingerprint density at radius 2 is 1.92 bits per heavy atom. The van der Waals surface area contributed by atoms with Gasteiger partial charge in [-0.25, -0.2) is 21.5 Å². The van der Waals surface area contributed by atoms with Crippen LogP contribution in [0.15, 0.2) is 18.2 Å². The molecule has 2 saturated heterocycles. The van der Waals surface area contributed by atoms with E-state index in [1.165, 1.54) is 10.4 Å². The molecule has 0 unspecified atom stereocenters. The van der Waals surface area contributed by atoms with Crippen LogP contribution in [0.4, 0.5) is 8.78 Å². The minimum Gasteiger partial charge on any atom is -0.338 e. The van der Waals surface area contributed by atoms with E-state index in [1.807, 2.05) is 0 Å². The fraction of sp³-hybridized carbons (Fsp3) is 0.562. The van der Waals surface area contributed by atoms with Crippen LogP contribution in [0.1, 0.15) is 24.8 Å². The van der Waals surface area contributed by atoms with Crippen LogP contribution in [0, 0.1) is 17.0 Å². The molecular weight excluding hydrogens is 338 g/mol. The number of rotatable bonds is 3. The Hall–Kier alpha value is -1.54. The molecule has 0 radical (unpaired) electrons. The zero-order valence-corrected chi connectivity index (χ0v) is 14.3. The first-order chi connectivity index (χ1) is 11.2. The van der Waals surface area contributed by atoms with Crippen molar-refractivity contribution in [1.82, 2.24) is 9.21 Å². The number of piperidine rings is 1. The van der Waals surface area contributed by atoms with Gasteiger partial charge in [0.1, 0.15) is 0 Å². The molecule has 8 heteroatoms. The van der Waals surface area contributed by atoms with E-state index in [0.29, 0.717) is 31.5 Å². The van der Waals surface area contributed by atoms with Crippen LogP contribution in [-0.4, -0.2) is 49.4 Å². The zero-order valence-electron chi connectivity index (χ0n) is 13.5. The molecule has 2 aliphatic rings. The van der Waals surface area contributed by atoms with Crippen molar-refractivity contribution < 1.29 is 22.0 Å². The molecule has 132 valence electrons. The second-order valence-electron chi connectivity index (χ2n) is 6.71. The number of halogens is 2.